The lowest BCUT2D eigenvalue weighted by atomic mass is 10.1. The molecule has 1 heterocycles. The van der Waals surface area contributed by atoms with E-state index >= 15 is 0 Å². The lowest BCUT2D eigenvalue weighted by Gasteiger charge is -2.08. The summed E-state index contributed by atoms with van der Waals surface area (Å²) in [5.41, 5.74) is 2.18. The summed E-state index contributed by atoms with van der Waals surface area (Å²) in [6, 6.07) is 0. The number of aliphatic hydroxyl groups is 1. The highest BCUT2D eigenvalue weighted by molar-refractivity contribution is 5.70. The molecule has 3 rings (SSSR count). The summed E-state index contributed by atoms with van der Waals surface area (Å²) in [7, 11) is 0. The van der Waals surface area contributed by atoms with Gasteiger partial charge < -0.3 is 5.11 Å². The van der Waals surface area contributed by atoms with E-state index in [1.54, 1.807) is 6.08 Å². The highest BCUT2D eigenvalue weighted by Crippen LogP contribution is 2.39. The highest BCUT2D eigenvalue weighted by Gasteiger charge is 2.24. The van der Waals surface area contributed by atoms with Crippen LogP contribution in [0.1, 0.15) is 43.0 Å². The van der Waals surface area contributed by atoms with Crippen LogP contribution in [-0.4, -0.2) is 15.1 Å². The zero-order valence-electron chi connectivity index (χ0n) is 9.06. The number of rotatable bonds is 2. The third kappa shape index (κ3) is 1.85. The normalized spacial score (nSPS) is 20.2. The van der Waals surface area contributed by atoms with E-state index in [0.717, 1.165) is 24.2 Å². The van der Waals surface area contributed by atoms with Crippen molar-refractivity contribution in [3.8, 4) is 0 Å². The molecule has 0 spiro atoms. The molecule has 1 aromatic rings. The van der Waals surface area contributed by atoms with Crippen LogP contribution < -0.4 is 0 Å². The van der Waals surface area contributed by atoms with Crippen molar-refractivity contribution >= 4 is 5.57 Å². The SMILES string of the molecule is OC1=CC(c2ncc(C3CC3)cn2)=CCC1. The lowest BCUT2D eigenvalue weighted by Crippen LogP contribution is -1.98. The molecule has 3 nitrogen and oxygen atoms in total. The van der Waals surface area contributed by atoms with Gasteiger partial charge in [0.2, 0.25) is 0 Å². The quantitative estimate of drug-likeness (QED) is 0.823. The van der Waals surface area contributed by atoms with Gasteiger partial charge >= 0.3 is 0 Å². The van der Waals surface area contributed by atoms with Crippen LogP contribution >= 0.6 is 0 Å². The number of hydrogen-bond acceptors (Lipinski definition) is 3. The molecule has 2 aliphatic carbocycles. The second-order valence-corrected chi connectivity index (χ2v) is 4.45. The fourth-order valence-corrected chi connectivity index (χ4v) is 1.96. The molecule has 0 radical (unpaired) electrons. The molecular formula is C13H14N2O. The molecule has 1 aromatic heterocycles. The smallest absolute Gasteiger partial charge is 0.158 e. The van der Waals surface area contributed by atoms with Gasteiger partial charge in [0.15, 0.2) is 5.82 Å². The number of hydrogen-bond donors (Lipinski definition) is 1. The summed E-state index contributed by atoms with van der Waals surface area (Å²) < 4.78 is 0. The van der Waals surface area contributed by atoms with E-state index in [0.29, 0.717) is 11.7 Å². The number of allylic oxidation sites excluding steroid dienone is 4. The van der Waals surface area contributed by atoms with Crippen molar-refractivity contribution in [3.63, 3.8) is 0 Å². The maximum atomic E-state index is 9.46. The first-order valence-electron chi connectivity index (χ1n) is 5.75. The minimum atomic E-state index is 0.423. The van der Waals surface area contributed by atoms with E-state index in [1.807, 2.05) is 12.4 Å². The molecule has 1 N–H and O–H groups in total. The van der Waals surface area contributed by atoms with Crippen molar-refractivity contribution in [1.29, 1.82) is 0 Å². The van der Waals surface area contributed by atoms with Crippen molar-refractivity contribution in [1.82, 2.24) is 9.97 Å². The molecule has 82 valence electrons. The Labute approximate surface area is 94.6 Å². The summed E-state index contributed by atoms with van der Waals surface area (Å²) in [6.07, 6.45) is 11.8. The molecule has 16 heavy (non-hydrogen) atoms. The fourth-order valence-electron chi connectivity index (χ4n) is 1.96. The van der Waals surface area contributed by atoms with Gasteiger partial charge in [-0.25, -0.2) is 9.97 Å². The predicted octanol–water partition coefficient (Wildman–Crippen LogP) is 2.97. The van der Waals surface area contributed by atoms with E-state index in [2.05, 4.69) is 16.0 Å². The minimum absolute atomic E-state index is 0.423. The zero-order valence-corrected chi connectivity index (χ0v) is 9.06. The monoisotopic (exact) mass is 214 g/mol. The molecule has 0 unspecified atom stereocenters. The molecule has 0 bridgehead atoms. The second-order valence-electron chi connectivity index (χ2n) is 4.45. The summed E-state index contributed by atoms with van der Waals surface area (Å²) in [6.45, 7) is 0. The van der Waals surface area contributed by atoms with Gasteiger partial charge in [-0.05, 0) is 36.8 Å². The topological polar surface area (TPSA) is 46.0 Å². The van der Waals surface area contributed by atoms with Crippen LogP contribution in [-0.2, 0) is 0 Å². The van der Waals surface area contributed by atoms with E-state index < -0.39 is 0 Å². The van der Waals surface area contributed by atoms with Crippen molar-refractivity contribution in [2.75, 3.05) is 0 Å². The predicted molar refractivity (Wildman–Crippen MR) is 61.9 cm³/mol. The summed E-state index contributed by atoms with van der Waals surface area (Å²) in [4.78, 5) is 8.73. The molecular weight excluding hydrogens is 200 g/mol. The molecule has 0 amide bonds. The maximum absolute atomic E-state index is 9.46. The Bertz CT molecular complexity index is 455. The molecule has 3 heteroatoms. The van der Waals surface area contributed by atoms with Crippen LogP contribution in [0.4, 0.5) is 0 Å². The fraction of sp³-hybridized carbons (Fsp3) is 0.385. The third-order valence-electron chi connectivity index (χ3n) is 3.07. The summed E-state index contributed by atoms with van der Waals surface area (Å²) in [5.74, 6) is 1.83. The van der Waals surface area contributed by atoms with Gasteiger partial charge in [-0.2, -0.15) is 0 Å². The maximum Gasteiger partial charge on any atom is 0.158 e. The van der Waals surface area contributed by atoms with Gasteiger partial charge in [0, 0.05) is 24.4 Å². The molecule has 1 saturated carbocycles. The van der Waals surface area contributed by atoms with Crippen molar-refractivity contribution < 1.29 is 5.11 Å². The molecule has 2 aliphatic rings. The largest absolute Gasteiger partial charge is 0.512 e. The Morgan fingerprint density at radius 2 is 1.94 bits per heavy atom. The van der Waals surface area contributed by atoms with Crippen LogP contribution in [0.2, 0.25) is 0 Å². The van der Waals surface area contributed by atoms with Crippen LogP contribution in [0.25, 0.3) is 5.57 Å². The second kappa shape index (κ2) is 3.74. The number of aliphatic hydroxyl groups excluding tert-OH is 1. The van der Waals surface area contributed by atoms with Crippen molar-refractivity contribution in [2.24, 2.45) is 0 Å². The first-order chi connectivity index (χ1) is 7.83. The molecule has 0 atom stereocenters. The number of nitrogens with zero attached hydrogens (tertiary/aromatic N) is 2. The van der Waals surface area contributed by atoms with E-state index in [9.17, 15) is 5.11 Å². The van der Waals surface area contributed by atoms with Gasteiger partial charge in [-0.15, -0.1) is 0 Å². The Kier molecular flexibility index (Phi) is 2.24. The number of aromatic nitrogens is 2. The summed E-state index contributed by atoms with van der Waals surface area (Å²) in [5, 5.41) is 9.46. The summed E-state index contributed by atoms with van der Waals surface area (Å²) >= 11 is 0. The first kappa shape index (κ1) is 9.58. The third-order valence-corrected chi connectivity index (χ3v) is 3.07. The van der Waals surface area contributed by atoms with Crippen molar-refractivity contribution in [2.45, 2.75) is 31.6 Å². The van der Waals surface area contributed by atoms with Gasteiger partial charge in [-0.1, -0.05) is 6.08 Å². The Balaban J connectivity index is 1.86. The average molecular weight is 214 g/mol. The van der Waals surface area contributed by atoms with Crippen molar-refractivity contribution in [3.05, 3.63) is 41.7 Å². The molecule has 1 fully saturated rings. The Hall–Kier alpha value is -1.64. The van der Waals surface area contributed by atoms with Crippen LogP contribution in [0.3, 0.4) is 0 Å². The van der Waals surface area contributed by atoms with E-state index in [1.165, 1.54) is 18.4 Å². The van der Waals surface area contributed by atoms with E-state index in [4.69, 9.17) is 0 Å². The van der Waals surface area contributed by atoms with Gasteiger partial charge in [-0.3, -0.25) is 0 Å². The molecule has 0 saturated heterocycles. The average Bonchev–Trinajstić information content (AvgIpc) is 3.13. The van der Waals surface area contributed by atoms with Crippen LogP contribution in [0, 0.1) is 0 Å². The molecule has 0 aliphatic heterocycles. The standard InChI is InChI=1S/C13H14N2O/c16-12-3-1-2-10(6-12)13-14-7-11(8-15-13)9-4-5-9/h2,6-9,16H,1,3-5H2. The minimum Gasteiger partial charge on any atom is -0.512 e. The van der Waals surface area contributed by atoms with Gasteiger partial charge in [0.05, 0.1) is 5.76 Å². The van der Waals surface area contributed by atoms with Crippen LogP contribution in [0.5, 0.6) is 0 Å². The Morgan fingerprint density at radius 3 is 2.56 bits per heavy atom. The van der Waals surface area contributed by atoms with Crippen LogP contribution in [0.15, 0.2) is 30.3 Å². The van der Waals surface area contributed by atoms with Gasteiger partial charge in [0.1, 0.15) is 0 Å². The zero-order chi connectivity index (χ0) is 11.0. The van der Waals surface area contributed by atoms with Gasteiger partial charge in [0.25, 0.3) is 0 Å². The first-order valence-corrected chi connectivity index (χ1v) is 5.75. The Morgan fingerprint density at radius 1 is 1.19 bits per heavy atom. The lowest BCUT2D eigenvalue weighted by molar-refractivity contribution is 0.388. The highest BCUT2D eigenvalue weighted by atomic mass is 16.3. The molecule has 0 aromatic carbocycles. The van der Waals surface area contributed by atoms with E-state index in [-0.39, 0.29) is 0 Å².